The van der Waals surface area contributed by atoms with Crippen LogP contribution >= 0.6 is 0 Å². The van der Waals surface area contributed by atoms with Crippen molar-refractivity contribution in [3.05, 3.63) is 0 Å². The standard InChI is InChI=1S/C13H24N2O5/c1-4-13(5-2,12(18)19)8-10(16)15-9-11(17)14-6-7-20-3/h4-9H2,1-3H3,(H,14,17)(H,15,16)(H,18,19). The molecule has 0 radical (unpaired) electrons. The van der Waals surface area contributed by atoms with Crippen LogP contribution < -0.4 is 10.6 Å². The average Bonchev–Trinajstić information content (AvgIpc) is 2.42. The molecule has 0 saturated carbocycles. The first-order chi connectivity index (χ1) is 9.41. The molecule has 0 saturated heterocycles. The Hall–Kier alpha value is -1.63. The summed E-state index contributed by atoms with van der Waals surface area (Å²) in [6.07, 6.45) is 0.610. The highest BCUT2D eigenvalue weighted by atomic mass is 16.5. The third kappa shape index (κ3) is 6.01. The highest BCUT2D eigenvalue weighted by Crippen LogP contribution is 2.30. The van der Waals surface area contributed by atoms with E-state index in [1.807, 2.05) is 0 Å². The van der Waals surface area contributed by atoms with Crippen molar-refractivity contribution in [2.45, 2.75) is 33.1 Å². The van der Waals surface area contributed by atoms with Gasteiger partial charge in [0.15, 0.2) is 0 Å². The summed E-state index contributed by atoms with van der Waals surface area (Å²) in [6, 6.07) is 0. The number of hydrogen-bond acceptors (Lipinski definition) is 4. The topological polar surface area (TPSA) is 105 Å². The Kier molecular flexibility index (Phi) is 8.54. The molecule has 0 spiro atoms. The minimum Gasteiger partial charge on any atom is -0.481 e. The number of aliphatic carboxylic acids is 1. The molecule has 3 N–H and O–H groups in total. The number of methoxy groups -OCH3 is 1. The highest BCUT2D eigenvalue weighted by Gasteiger charge is 2.37. The molecule has 2 amide bonds. The zero-order valence-electron chi connectivity index (χ0n) is 12.3. The molecule has 0 heterocycles. The molecule has 0 aliphatic rings. The number of nitrogens with one attached hydrogen (secondary N) is 2. The molecular formula is C13H24N2O5. The van der Waals surface area contributed by atoms with Gasteiger partial charge in [-0.2, -0.15) is 0 Å². The van der Waals surface area contributed by atoms with Crippen LogP contribution in [-0.4, -0.2) is 49.7 Å². The van der Waals surface area contributed by atoms with Gasteiger partial charge in [0.1, 0.15) is 0 Å². The largest absolute Gasteiger partial charge is 0.481 e. The van der Waals surface area contributed by atoms with Gasteiger partial charge in [-0.05, 0) is 12.8 Å². The molecule has 0 fully saturated rings. The van der Waals surface area contributed by atoms with Crippen molar-refractivity contribution in [2.24, 2.45) is 5.41 Å². The van der Waals surface area contributed by atoms with Gasteiger partial charge < -0.3 is 20.5 Å². The summed E-state index contributed by atoms with van der Waals surface area (Å²) in [6.45, 7) is 4.08. The van der Waals surface area contributed by atoms with Crippen molar-refractivity contribution in [3.63, 3.8) is 0 Å². The highest BCUT2D eigenvalue weighted by molar-refractivity contribution is 5.88. The summed E-state index contributed by atoms with van der Waals surface area (Å²) < 4.78 is 4.77. The lowest BCUT2D eigenvalue weighted by atomic mass is 9.79. The molecule has 0 aliphatic heterocycles. The first kappa shape index (κ1) is 18.4. The quantitative estimate of drug-likeness (QED) is 0.496. The summed E-state index contributed by atoms with van der Waals surface area (Å²) in [7, 11) is 1.52. The van der Waals surface area contributed by atoms with E-state index in [-0.39, 0.29) is 18.9 Å². The molecule has 0 unspecified atom stereocenters. The van der Waals surface area contributed by atoms with E-state index in [0.29, 0.717) is 26.0 Å². The van der Waals surface area contributed by atoms with E-state index in [9.17, 15) is 19.5 Å². The molecule has 7 heteroatoms. The van der Waals surface area contributed by atoms with Crippen LogP contribution in [0.5, 0.6) is 0 Å². The molecule has 0 aromatic carbocycles. The minimum absolute atomic E-state index is 0.124. The van der Waals surface area contributed by atoms with Crippen LogP contribution in [0.25, 0.3) is 0 Å². The Bertz CT molecular complexity index is 340. The van der Waals surface area contributed by atoms with Gasteiger partial charge in [-0.15, -0.1) is 0 Å². The maximum Gasteiger partial charge on any atom is 0.310 e. The molecule has 116 valence electrons. The second-order valence-electron chi connectivity index (χ2n) is 4.59. The Labute approximate surface area is 119 Å². The Balaban J connectivity index is 4.21. The van der Waals surface area contributed by atoms with E-state index in [4.69, 9.17) is 4.74 Å². The first-order valence-corrected chi connectivity index (χ1v) is 6.67. The predicted molar refractivity (Wildman–Crippen MR) is 73.2 cm³/mol. The van der Waals surface area contributed by atoms with Crippen LogP contribution in [0.1, 0.15) is 33.1 Å². The average molecular weight is 288 g/mol. The Morgan fingerprint density at radius 3 is 2.15 bits per heavy atom. The second-order valence-corrected chi connectivity index (χ2v) is 4.59. The van der Waals surface area contributed by atoms with Crippen LogP contribution in [0, 0.1) is 5.41 Å². The first-order valence-electron chi connectivity index (χ1n) is 6.67. The monoisotopic (exact) mass is 288 g/mol. The van der Waals surface area contributed by atoms with Crippen molar-refractivity contribution in [2.75, 3.05) is 26.8 Å². The fraction of sp³-hybridized carbons (Fsp3) is 0.769. The molecule has 0 bridgehead atoms. The second kappa shape index (κ2) is 9.30. The normalized spacial score (nSPS) is 10.9. The van der Waals surface area contributed by atoms with Crippen molar-refractivity contribution >= 4 is 17.8 Å². The van der Waals surface area contributed by atoms with Gasteiger partial charge in [-0.25, -0.2) is 0 Å². The number of carbonyl (C=O) groups is 3. The van der Waals surface area contributed by atoms with Gasteiger partial charge in [0.2, 0.25) is 11.8 Å². The third-order valence-electron chi connectivity index (χ3n) is 3.38. The number of hydrogen-bond donors (Lipinski definition) is 3. The summed E-state index contributed by atoms with van der Waals surface area (Å²) in [5.74, 6) is -1.75. The van der Waals surface area contributed by atoms with Crippen LogP contribution in [0.3, 0.4) is 0 Å². The van der Waals surface area contributed by atoms with E-state index in [2.05, 4.69) is 10.6 Å². The Morgan fingerprint density at radius 2 is 1.70 bits per heavy atom. The number of amides is 2. The molecule has 0 aromatic heterocycles. The lowest BCUT2D eigenvalue weighted by Gasteiger charge is -2.25. The smallest absolute Gasteiger partial charge is 0.310 e. The SMILES string of the molecule is CCC(CC)(CC(=O)NCC(=O)NCCOC)C(=O)O. The number of carboxylic acids is 1. The summed E-state index contributed by atoms with van der Waals surface area (Å²) in [5, 5.41) is 14.2. The minimum atomic E-state index is -1.06. The molecule has 20 heavy (non-hydrogen) atoms. The molecule has 0 aliphatic carbocycles. The van der Waals surface area contributed by atoms with Crippen LogP contribution in [0.2, 0.25) is 0 Å². The molecule has 0 atom stereocenters. The van der Waals surface area contributed by atoms with Gasteiger partial charge in [-0.1, -0.05) is 13.8 Å². The lowest BCUT2D eigenvalue weighted by molar-refractivity contribution is -0.152. The van der Waals surface area contributed by atoms with E-state index in [1.54, 1.807) is 13.8 Å². The van der Waals surface area contributed by atoms with Gasteiger partial charge in [0, 0.05) is 20.1 Å². The van der Waals surface area contributed by atoms with Crippen LogP contribution in [0.4, 0.5) is 0 Å². The van der Waals surface area contributed by atoms with Crippen molar-refractivity contribution < 1.29 is 24.2 Å². The van der Waals surface area contributed by atoms with Crippen molar-refractivity contribution in [1.29, 1.82) is 0 Å². The molecule has 0 rings (SSSR count). The predicted octanol–water partition coefficient (Wildman–Crippen LogP) is 0.146. The maximum absolute atomic E-state index is 11.7. The van der Waals surface area contributed by atoms with Crippen LogP contribution in [-0.2, 0) is 19.1 Å². The number of rotatable bonds is 10. The van der Waals surface area contributed by atoms with E-state index in [1.165, 1.54) is 7.11 Å². The third-order valence-corrected chi connectivity index (χ3v) is 3.38. The fourth-order valence-corrected chi connectivity index (χ4v) is 1.78. The zero-order valence-corrected chi connectivity index (χ0v) is 12.3. The van der Waals surface area contributed by atoms with E-state index < -0.39 is 17.3 Å². The summed E-state index contributed by atoms with van der Waals surface area (Å²) in [5.41, 5.74) is -1.06. The van der Waals surface area contributed by atoms with Gasteiger partial charge in [0.05, 0.1) is 18.6 Å². The lowest BCUT2D eigenvalue weighted by Crippen LogP contribution is -2.41. The van der Waals surface area contributed by atoms with Gasteiger partial charge in [-0.3, -0.25) is 14.4 Å². The number of ether oxygens (including phenoxy) is 1. The maximum atomic E-state index is 11.7. The van der Waals surface area contributed by atoms with Gasteiger partial charge >= 0.3 is 5.97 Å². The van der Waals surface area contributed by atoms with Gasteiger partial charge in [0.25, 0.3) is 0 Å². The fourth-order valence-electron chi connectivity index (χ4n) is 1.78. The molecule has 7 nitrogen and oxygen atoms in total. The number of carboxylic acid groups (broad SMARTS) is 1. The van der Waals surface area contributed by atoms with E-state index in [0.717, 1.165) is 0 Å². The van der Waals surface area contributed by atoms with E-state index >= 15 is 0 Å². The zero-order chi connectivity index (χ0) is 15.6. The van der Waals surface area contributed by atoms with Crippen molar-refractivity contribution in [3.8, 4) is 0 Å². The Morgan fingerprint density at radius 1 is 1.10 bits per heavy atom. The molecule has 0 aromatic rings. The summed E-state index contributed by atoms with van der Waals surface area (Å²) >= 11 is 0. The summed E-state index contributed by atoms with van der Waals surface area (Å²) in [4.78, 5) is 34.4. The molecular weight excluding hydrogens is 264 g/mol. The van der Waals surface area contributed by atoms with Crippen LogP contribution in [0.15, 0.2) is 0 Å². The number of carbonyl (C=O) groups excluding carboxylic acids is 2. The van der Waals surface area contributed by atoms with Crippen molar-refractivity contribution in [1.82, 2.24) is 10.6 Å².